The average Bonchev–Trinajstić information content (AvgIpc) is 2.84. The maximum Gasteiger partial charge on any atom is 0.230 e. The summed E-state index contributed by atoms with van der Waals surface area (Å²) in [6.07, 6.45) is 3.45. The van der Waals surface area contributed by atoms with Crippen molar-refractivity contribution >= 4 is 33.9 Å². The second-order valence-electron chi connectivity index (χ2n) is 9.54. The van der Waals surface area contributed by atoms with Crippen molar-refractivity contribution in [2.75, 3.05) is 11.9 Å². The number of amidine groups is 1. The number of carbonyl (C=O) groups excluding carboxylic acids is 1. The van der Waals surface area contributed by atoms with Crippen molar-refractivity contribution in [2.45, 2.75) is 52.0 Å². The van der Waals surface area contributed by atoms with E-state index in [2.05, 4.69) is 102 Å². The molecule has 178 valence electrons. The smallest absolute Gasteiger partial charge is 0.230 e. The Balaban J connectivity index is 1.77. The molecule has 0 heterocycles. The van der Waals surface area contributed by atoms with Crippen molar-refractivity contribution in [1.29, 1.82) is 0 Å². The van der Waals surface area contributed by atoms with Crippen LogP contribution in [0, 0.1) is 0 Å². The lowest BCUT2D eigenvalue weighted by Gasteiger charge is -2.24. The van der Waals surface area contributed by atoms with Gasteiger partial charge in [0.25, 0.3) is 0 Å². The zero-order valence-electron chi connectivity index (χ0n) is 20.5. The second kappa shape index (κ2) is 12.0. The number of hydrazone groups is 1. The minimum absolute atomic E-state index is 0.0986. The van der Waals surface area contributed by atoms with Crippen LogP contribution in [0.2, 0.25) is 0 Å². The monoisotopic (exact) mass is 519 g/mol. The van der Waals surface area contributed by atoms with Gasteiger partial charge in [-0.15, -0.1) is 0 Å². The predicted octanol–water partition coefficient (Wildman–Crippen LogP) is 7.18. The quantitative estimate of drug-likeness (QED) is 0.130. The predicted molar refractivity (Wildman–Crippen MR) is 146 cm³/mol. The van der Waals surface area contributed by atoms with E-state index in [1.54, 1.807) is 0 Å². The molecule has 5 heteroatoms. The van der Waals surface area contributed by atoms with Gasteiger partial charge in [-0.25, -0.2) is 5.01 Å². The van der Waals surface area contributed by atoms with Crippen LogP contribution in [0.5, 0.6) is 0 Å². The van der Waals surface area contributed by atoms with Gasteiger partial charge in [-0.1, -0.05) is 91.3 Å². The summed E-state index contributed by atoms with van der Waals surface area (Å²) in [5.41, 5.74) is 4.76. The van der Waals surface area contributed by atoms with E-state index in [1.807, 2.05) is 25.2 Å². The standard InChI is InChI=1S/C29H34BrN3O/c1-29(2,3)25-17-13-24(14-18-25)21-33(22-34)31-28(32(4)27-10-6-5-7-11-27)12-8-9-23-15-19-26(30)20-16-23/h5-7,10-11,13-20,22H,8-9,12,21H2,1-4H3/b31-28-. The Morgan fingerprint density at radius 1 is 0.912 bits per heavy atom. The lowest BCUT2D eigenvalue weighted by molar-refractivity contribution is -0.118. The number of amides is 1. The number of hydrogen-bond donors (Lipinski definition) is 0. The van der Waals surface area contributed by atoms with Gasteiger partial charge >= 0.3 is 0 Å². The molecule has 3 aromatic carbocycles. The fourth-order valence-electron chi connectivity index (χ4n) is 3.73. The van der Waals surface area contributed by atoms with Crippen LogP contribution in [-0.2, 0) is 23.2 Å². The molecule has 34 heavy (non-hydrogen) atoms. The van der Waals surface area contributed by atoms with Gasteiger partial charge < -0.3 is 4.90 Å². The van der Waals surface area contributed by atoms with E-state index in [0.29, 0.717) is 6.54 Å². The van der Waals surface area contributed by atoms with Crippen LogP contribution >= 0.6 is 15.9 Å². The zero-order chi connectivity index (χ0) is 24.6. The maximum atomic E-state index is 12.0. The topological polar surface area (TPSA) is 35.9 Å². The molecule has 0 spiro atoms. The summed E-state index contributed by atoms with van der Waals surface area (Å²) in [5.74, 6) is 0.863. The van der Waals surface area contributed by atoms with Crippen molar-refractivity contribution in [1.82, 2.24) is 5.01 Å². The van der Waals surface area contributed by atoms with E-state index < -0.39 is 0 Å². The van der Waals surface area contributed by atoms with Crippen molar-refractivity contribution in [3.8, 4) is 0 Å². The molecule has 3 rings (SSSR count). The minimum atomic E-state index is 0.0986. The highest BCUT2D eigenvalue weighted by Crippen LogP contribution is 2.23. The highest BCUT2D eigenvalue weighted by molar-refractivity contribution is 9.10. The van der Waals surface area contributed by atoms with Crippen LogP contribution in [0.1, 0.15) is 50.3 Å². The fourth-order valence-corrected chi connectivity index (χ4v) is 3.99. The Kier molecular flexibility index (Phi) is 9.05. The van der Waals surface area contributed by atoms with Crippen LogP contribution in [0.4, 0.5) is 5.69 Å². The van der Waals surface area contributed by atoms with Crippen LogP contribution in [0.15, 0.2) is 88.4 Å². The molecule has 0 bridgehead atoms. The van der Waals surface area contributed by atoms with Crippen molar-refractivity contribution in [3.63, 3.8) is 0 Å². The highest BCUT2D eigenvalue weighted by Gasteiger charge is 2.15. The molecule has 0 fully saturated rings. The average molecular weight is 521 g/mol. The van der Waals surface area contributed by atoms with Crippen LogP contribution < -0.4 is 4.90 Å². The maximum absolute atomic E-state index is 12.0. The van der Waals surface area contributed by atoms with Gasteiger partial charge in [-0.3, -0.25) is 4.79 Å². The summed E-state index contributed by atoms with van der Waals surface area (Å²) in [5, 5.41) is 6.28. The largest absolute Gasteiger partial charge is 0.332 e. The van der Waals surface area contributed by atoms with Gasteiger partial charge in [-0.05, 0) is 59.2 Å². The summed E-state index contributed by atoms with van der Waals surface area (Å²) >= 11 is 3.49. The Morgan fingerprint density at radius 3 is 2.12 bits per heavy atom. The van der Waals surface area contributed by atoms with E-state index in [9.17, 15) is 4.79 Å². The number of nitrogens with zero attached hydrogens (tertiary/aromatic N) is 3. The van der Waals surface area contributed by atoms with Crippen molar-refractivity contribution in [2.24, 2.45) is 5.10 Å². The van der Waals surface area contributed by atoms with E-state index in [4.69, 9.17) is 5.10 Å². The SMILES string of the molecule is CN(/C(CCCc1ccc(Br)cc1)=N\N(C=O)Cc1ccc(C(C)(C)C)cc1)c1ccccc1. The molecule has 0 N–H and O–H groups in total. The third-order valence-electron chi connectivity index (χ3n) is 5.84. The molecule has 0 saturated carbocycles. The number of halogens is 1. The minimum Gasteiger partial charge on any atom is -0.332 e. The summed E-state index contributed by atoms with van der Waals surface area (Å²) in [7, 11) is 2.01. The molecule has 0 aliphatic carbocycles. The summed E-state index contributed by atoms with van der Waals surface area (Å²) < 4.78 is 1.08. The van der Waals surface area contributed by atoms with E-state index in [0.717, 1.165) is 47.2 Å². The lowest BCUT2D eigenvalue weighted by Crippen LogP contribution is -2.30. The van der Waals surface area contributed by atoms with Gasteiger partial charge in [0.15, 0.2) is 0 Å². The molecule has 0 unspecified atom stereocenters. The normalized spacial score (nSPS) is 11.9. The van der Waals surface area contributed by atoms with Gasteiger partial charge in [0, 0.05) is 23.6 Å². The Bertz CT molecular complexity index is 1070. The number of carbonyl (C=O) groups is 1. The highest BCUT2D eigenvalue weighted by atomic mass is 79.9. The molecular formula is C29H34BrN3O. The second-order valence-corrected chi connectivity index (χ2v) is 10.5. The van der Waals surface area contributed by atoms with Gasteiger partial charge in [0.2, 0.25) is 6.41 Å². The van der Waals surface area contributed by atoms with Gasteiger partial charge in [-0.2, -0.15) is 5.10 Å². The number of para-hydroxylation sites is 1. The molecule has 1 amide bonds. The lowest BCUT2D eigenvalue weighted by atomic mass is 9.87. The molecule has 3 aromatic rings. The van der Waals surface area contributed by atoms with Crippen LogP contribution in [0.3, 0.4) is 0 Å². The molecule has 4 nitrogen and oxygen atoms in total. The molecule has 0 atom stereocenters. The number of aryl methyl sites for hydroxylation is 1. The molecule has 0 aromatic heterocycles. The third-order valence-corrected chi connectivity index (χ3v) is 6.37. The summed E-state index contributed by atoms with van der Waals surface area (Å²) in [6.45, 7) is 7.03. The molecule has 0 aliphatic rings. The van der Waals surface area contributed by atoms with Crippen LogP contribution in [-0.4, -0.2) is 24.3 Å². The molecule has 0 aliphatic heterocycles. The van der Waals surface area contributed by atoms with Gasteiger partial charge in [0.1, 0.15) is 5.84 Å². The first-order valence-corrected chi connectivity index (χ1v) is 12.5. The zero-order valence-corrected chi connectivity index (χ0v) is 22.1. The fraction of sp³-hybridized carbons (Fsp3) is 0.310. The Hall–Kier alpha value is -2.92. The van der Waals surface area contributed by atoms with E-state index >= 15 is 0 Å². The first-order chi connectivity index (χ1) is 16.3. The Morgan fingerprint density at radius 2 is 1.53 bits per heavy atom. The molecule has 0 saturated heterocycles. The number of benzene rings is 3. The summed E-state index contributed by atoms with van der Waals surface area (Å²) in [4.78, 5) is 14.0. The van der Waals surface area contributed by atoms with Crippen LogP contribution in [0.25, 0.3) is 0 Å². The first kappa shape index (κ1) is 25.7. The third kappa shape index (κ3) is 7.56. The van der Waals surface area contributed by atoms with E-state index in [1.165, 1.54) is 16.1 Å². The molecular weight excluding hydrogens is 486 g/mol. The number of hydrogen-bond acceptors (Lipinski definition) is 2. The number of rotatable bonds is 9. The van der Waals surface area contributed by atoms with E-state index in [-0.39, 0.29) is 5.41 Å². The van der Waals surface area contributed by atoms with Crippen molar-refractivity contribution < 1.29 is 4.79 Å². The Labute approximate surface area is 212 Å². The summed E-state index contributed by atoms with van der Waals surface area (Å²) in [6, 6.07) is 27.0. The van der Waals surface area contributed by atoms with Crippen molar-refractivity contribution in [3.05, 3.63) is 100 Å². The first-order valence-electron chi connectivity index (χ1n) is 11.7. The molecule has 0 radical (unpaired) electrons. The van der Waals surface area contributed by atoms with Gasteiger partial charge in [0.05, 0.1) is 6.54 Å². The number of anilines is 1.